The summed E-state index contributed by atoms with van der Waals surface area (Å²) in [4.78, 5) is 0. The Morgan fingerprint density at radius 2 is 1.53 bits per heavy atom. The first-order valence-electron chi connectivity index (χ1n) is 6.46. The molecule has 0 spiro atoms. The Morgan fingerprint density at radius 1 is 1.00 bits per heavy atom. The van der Waals surface area contributed by atoms with Crippen LogP contribution in [0.15, 0.2) is 24.3 Å². The highest BCUT2D eigenvalue weighted by Crippen LogP contribution is 2.19. The smallest absolute Gasteiger partial charge is 0.0205 e. The van der Waals surface area contributed by atoms with E-state index in [1.54, 1.807) is 0 Å². The van der Waals surface area contributed by atoms with Crippen LogP contribution in [0.3, 0.4) is 0 Å². The summed E-state index contributed by atoms with van der Waals surface area (Å²) in [5, 5.41) is 3.58. The molecule has 1 aromatic rings. The molecule has 0 unspecified atom stereocenters. The molecule has 0 aliphatic rings. The lowest BCUT2D eigenvalue weighted by molar-refractivity contribution is 0.275. The summed E-state index contributed by atoms with van der Waals surface area (Å²) in [6, 6.07) is 8.74. The summed E-state index contributed by atoms with van der Waals surface area (Å²) in [6.07, 6.45) is 0. The van der Waals surface area contributed by atoms with Crippen molar-refractivity contribution in [1.29, 1.82) is 0 Å². The summed E-state index contributed by atoms with van der Waals surface area (Å²) in [7, 11) is 0. The first-order valence-corrected chi connectivity index (χ1v) is 7.53. The van der Waals surface area contributed by atoms with Crippen LogP contribution in [0.2, 0.25) is 0 Å². The van der Waals surface area contributed by atoms with Crippen LogP contribution in [0.5, 0.6) is 0 Å². The Labute approximate surface area is 120 Å². The fourth-order valence-electron chi connectivity index (χ4n) is 2.23. The van der Waals surface area contributed by atoms with Crippen LogP contribution in [0, 0.1) is 21.3 Å². The molecule has 0 saturated carbocycles. The largest absolute Gasteiger partial charge is 0.312 e. The first-order chi connectivity index (χ1) is 8.00. The molecular formula is C15H24IN. The SMILES string of the molecule is CC(C)C(CNCc1ccc(I)cc1)C(C)C. The maximum atomic E-state index is 3.58. The normalized spacial score (nSPS) is 11.8. The van der Waals surface area contributed by atoms with E-state index in [9.17, 15) is 0 Å². The minimum atomic E-state index is 0.749. The number of rotatable bonds is 6. The van der Waals surface area contributed by atoms with Gasteiger partial charge in [0.25, 0.3) is 0 Å². The fraction of sp³-hybridized carbons (Fsp3) is 0.600. The van der Waals surface area contributed by atoms with Gasteiger partial charge in [0.2, 0.25) is 0 Å². The van der Waals surface area contributed by atoms with Gasteiger partial charge in [-0.05, 0) is 64.6 Å². The van der Waals surface area contributed by atoms with E-state index in [2.05, 4.69) is 79.9 Å². The van der Waals surface area contributed by atoms with Gasteiger partial charge in [-0.25, -0.2) is 0 Å². The summed E-state index contributed by atoms with van der Waals surface area (Å²) in [5.41, 5.74) is 1.37. The van der Waals surface area contributed by atoms with Gasteiger partial charge in [-0.1, -0.05) is 39.8 Å². The van der Waals surface area contributed by atoms with Gasteiger partial charge in [0.1, 0.15) is 0 Å². The molecule has 1 N–H and O–H groups in total. The molecule has 0 aliphatic carbocycles. The third-order valence-electron chi connectivity index (χ3n) is 3.34. The van der Waals surface area contributed by atoms with Crippen molar-refractivity contribution in [2.45, 2.75) is 34.2 Å². The van der Waals surface area contributed by atoms with Gasteiger partial charge in [0, 0.05) is 10.1 Å². The van der Waals surface area contributed by atoms with Crippen molar-refractivity contribution in [3.05, 3.63) is 33.4 Å². The highest BCUT2D eigenvalue weighted by Gasteiger charge is 2.16. The van der Waals surface area contributed by atoms with E-state index in [0.29, 0.717) is 0 Å². The minimum Gasteiger partial charge on any atom is -0.312 e. The van der Waals surface area contributed by atoms with Gasteiger partial charge in [0.15, 0.2) is 0 Å². The Kier molecular flexibility index (Phi) is 6.49. The third kappa shape index (κ3) is 5.38. The quantitative estimate of drug-likeness (QED) is 0.758. The number of hydrogen-bond acceptors (Lipinski definition) is 1. The fourth-order valence-corrected chi connectivity index (χ4v) is 2.59. The molecule has 1 aromatic carbocycles. The van der Waals surface area contributed by atoms with E-state index in [0.717, 1.165) is 30.8 Å². The van der Waals surface area contributed by atoms with E-state index < -0.39 is 0 Å². The molecule has 0 aromatic heterocycles. The van der Waals surface area contributed by atoms with Gasteiger partial charge in [0.05, 0.1) is 0 Å². The number of benzene rings is 1. The molecule has 96 valence electrons. The second-order valence-electron chi connectivity index (χ2n) is 5.41. The molecule has 0 saturated heterocycles. The second kappa shape index (κ2) is 7.37. The topological polar surface area (TPSA) is 12.0 Å². The predicted octanol–water partition coefficient (Wildman–Crippen LogP) is 4.31. The Balaban J connectivity index is 2.38. The lowest BCUT2D eigenvalue weighted by Crippen LogP contribution is -2.29. The van der Waals surface area contributed by atoms with Gasteiger partial charge in [-0.3, -0.25) is 0 Å². The average molecular weight is 345 g/mol. The molecular weight excluding hydrogens is 321 g/mol. The lowest BCUT2D eigenvalue weighted by atomic mass is 9.85. The standard InChI is InChI=1S/C15H24IN/c1-11(2)15(12(3)4)10-17-9-13-5-7-14(16)8-6-13/h5-8,11-12,15,17H,9-10H2,1-4H3. The molecule has 0 bridgehead atoms. The Hall–Kier alpha value is -0.0900. The van der Waals surface area contributed by atoms with Crippen molar-refractivity contribution in [2.75, 3.05) is 6.54 Å². The van der Waals surface area contributed by atoms with Crippen LogP contribution < -0.4 is 5.32 Å². The Morgan fingerprint density at radius 3 is 2.00 bits per heavy atom. The van der Waals surface area contributed by atoms with Crippen LogP contribution >= 0.6 is 22.6 Å². The van der Waals surface area contributed by atoms with Crippen molar-refractivity contribution in [1.82, 2.24) is 5.32 Å². The van der Waals surface area contributed by atoms with Crippen molar-refractivity contribution < 1.29 is 0 Å². The van der Waals surface area contributed by atoms with Crippen LogP contribution in [-0.2, 0) is 6.54 Å². The van der Waals surface area contributed by atoms with Crippen LogP contribution in [0.25, 0.3) is 0 Å². The van der Waals surface area contributed by atoms with Gasteiger partial charge in [-0.2, -0.15) is 0 Å². The monoisotopic (exact) mass is 345 g/mol. The number of hydrogen-bond donors (Lipinski definition) is 1. The zero-order chi connectivity index (χ0) is 12.8. The average Bonchev–Trinajstić information content (AvgIpc) is 2.25. The maximum Gasteiger partial charge on any atom is 0.0205 e. The molecule has 1 nitrogen and oxygen atoms in total. The van der Waals surface area contributed by atoms with E-state index in [-0.39, 0.29) is 0 Å². The highest BCUT2D eigenvalue weighted by atomic mass is 127. The summed E-state index contributed by atoms with van der Waals surface area (Å²) in [5.74, 6) is 2.26. The van der Waals surface area contributed by atoms with Crippen LogP contribution in [0.4, 0.5) is 0 Å². The molecule has 1 rings (SSSR count). The molecule has 17 heavy (non-hydrogen) atoms. The van der Waals surface area contributed by atoms with Gasteiger partial charge >= 0.3 is 0 Å². The maximum absolute atomic E-state index is 3.58. The third-order valence-corrected chi connectivity index (χ3v) is 4.05. The molecule has 0 atom stereocenters. The first kappa shape index (κ1) is 15.0. The van der Waals surface area contributed by atoms with Crippen molar-refractivity contribution in [3.63, 3.8) is 0 Å². The Bertz CT molecular complexity index is 308. The molecule has 0 amide bonds. The predicted molar refractivity (Wildman–Crippen MR) is 84.0 cm³/mol. The van der Waals surface area contributed by atoms with Crippen LogP contribution in [0.1, 0.15) is 33.3 Å². The van der Waals surface area contributed by atoms with Crippen molar-refractivity contribution in [2.24, 2.45) is 17.8 Å². The molecule has 2 heteroatoms. The summed E-state index contributed by atoms with van der Waals surface area (Å²) in [6.45, 7) is 11.4. The molecule has 0 radical (unpaired) electrons. The molecule has 0 aliphatic heterocycles. The van der Waals surface area contributed by atoms with E-state index in [1.165, 1.54) is 9.13 Å². The number of halogens is 1. The summed E-state index contributed by atoms with van der Waals surface area (Å²) >= 11 is 2.34. The minimum absolute atomic E-state index is 0.749. The summed E-state index contributed by atoms with van der Waals surface area (Å²) < 4.78 is 1.30. The second-order valence-corrected chi connectivity index (χ2v) is 6.65. The van der Waals surface area contributed by atoms with Crippen molar-refractivity contribution >= 4 is 22.6 Å². The van der Waals surface area contributed by atoms with Gasteiger partial charge in [-0.15, -0.1) is 0 Å². The van der Waals surface area contributed by atoms with E-state index in [1.807, 2.05) is 0 Å². The lowest BCUT2D eigenvalue weighted by Gasteiger charge is -2.25. The highest BCUT2D eigenvalue weighted by molar-refractivity contribution is 14.1. The molecule has 0 fully saturated rings. The number of nitrogens with one attached hydrogen (secondary N) is 1. The zero-order valence-electron chi connectivity index (χ0n) is 11.3. The zero-order valence-corrected chi connectivity index (χ0v) is 13.5. The van der Waals surface area contributed by atoms with Gasteiger partial charge < -0.3 is 5.32 Å². The van der Waals surface area contributed by atoms with E-state index >= 15 is 0 Å². The van der Waals surface area contributed by atoms with E-state index in [4.69, 9.17) is 0 Å². The molecule has 0 heterocycles. The van der Waals surface area contributed by atoms with Crippen molar-refractivity contribution in [3.8, 4) is 0 Å². The van der Waals surface area contributed by atoms with Crippen LogP contribution in [-0.4, -0.2) is 6.54 Å².